The van der Waals surface area contributed by atoms with Crippen LogP contribution in [0.4, 0.5) is 11.4 Å². The predicted octanol–water partition coefficient (Wildman–Crippen LogP) is 6.64. The number of fused-ring (bicyclic) bond motifs is 2. The first-order chi connectivity index (χ1) is 19.7. The fourth-order valence-electron chi connectivity index (χ4n) is 6.30. The van der Waals surface area contributed by atoms with Gasteiger partial charge < -0.3 is 16.1 Å². The number of aromatic nitrogens is 2. The molecule has 0 spiro atoms. The molecule has 1 atom stereocenters. The number of nitrogens with one attached hydrogen (secondary N) is 4. The van der Waals surface area contributed by atoms with Crippen LogP contribution in [0.1, 0.15) is 57.2 Å². The molecule has 41 heavy (non-hydrogen) atoms. The van der Waals surface area contributed by atoms with Gasteiger partial charge in [0, 0.05) is 41.6 Å². The van der Waals surface area contributed by atoms with Crippen molar-refractivity contribution in [2.24, 2.45) is 11.3 Å². The monoisotopic (exact) mass is 564 g/mol. The van der Waals surface area contributed by atoms with Gasteiger partial charge in [0.1, 0.15) is 6.07 Å². The predicted molar refractivity (Wildman–Crippen MR) is 164 cm³/mol. The third kappa shape index (κ3) is 4.50. The molecule has 0 saturated heterocycles. The van der Waals surface area contributed by atoms with E-state index in [4.69, 9.17) is 11.6 Å². The minimum absolute atomic E-state index is 0.0232. The second-order valence-electron chi connectivity index (χ2n) is 12.8. The SMILES string of the molecule is CC(C)(C)CNc1c(C#N)cnc2c(Cl)cc(N[C@H](C3=CN(C45CC(C4)C5)NN3)c3cccc4ncccc34)cc12. The highest BCUT2D eigenvalue weighted by Gasteiger charge is 2.60. The quantitative estimate of drug-likeness (QED) is 0.198. The zero-order valence-corrected chi connectivity index (χ0v) is 24.2. The van der Waals surface area contributed by atoms with E-state index < -0.39 is 0 Å². The zero-order chi connectivity index (χ0) is 28.4. The van der Waals surface area contributed by atoms with E-state index in [0.717, 1.165) is 44.8 Å². The molecule has 8 nitrogen and oxygen atoms in total. The summed E-state index contributed by atoms with van der Waals surface area (Å²) in [6.45, 7) is 7.17. The van der Waals surface area contributed by atoms with Crippen LogP contribution in [0.3, 0.4) is 0 Å². The first-order valence-corrected chi connectivity index (χ1v) is 14.5. The van der Waals surface area contributed by atoms with Crippen molar-refractivity contribution in [3.63, 3.8) is 0 Å². The molecular formula is C32H33ClN8. The molecule has 2 aromatic heterocycles. The third-order valence-electron chi connectivity index (χ3n) is 8.56. The Labute approximate surface area is 244 Å². The van der Waals surface area contributed by atoms with Crippen LogP contribution in [0.25, 0.3) is 21.8 Å². The fourth-order valence-corrected chi connectivity index (χ4v) is 6.57. The molecule has 2 bridgehead atoms. The molecule has 1 aliphatic heterocycles. The van der Waals surface area contributed by atoms with E-state index in [0.29, 0.717) is 22.6 Å². The smallest absolute Gasteiger partial charge is 0.103 e. The lowest BCUT2D eigenvalue weighted by atomic mass is 9.49. The standard InChI is InChI=1S/C32H33ClN8/c1-31(2,3)18-37-28-20(15-34)16-36-29-24(28)10-21(11-25(29)33)38-30(23-6-4-8-26-22(23)7-5-9-35-26)27-17-41(40-39-27)32-12-19(13-32)14-32/h4-11,16-17,19,30,38-40H,12-14,18H2,1-3H3,(H,36,37)/t19?,30-,32?/m0/s1. The molecule has 3 heterocycles. The molecule has 4 N–H and O–H groups in total. The molecule has 4 aromatic rings. The summed E-state index contributed by atoms with van der Waals surface area (Å²) in [5, 5.41) is 21.8. The van der Waals surface area contributed by atoms with Crippen LogP contribution in [0.2, 0.25) is 5.02 Å². The molecule has 3 fully saturated rings. The molecule has 0 amide bonds. The number of hydrogen-bond acceptors (Lipinski definition) is 8. The Balaban J connectivity index is 1.32. The number of rotatable bonds is 7. The van der Waals surface area contributed by atoms with Gasteiger partial charge in [0.05, 0.1) is 44.6 Å². The number of benzene rings is 2. The Morgan fingerprint density at radius 3 is 2.71 bits per heavy atom. The molecule has 3 aliphatic carbocycles. The van der Waals surface area contributed by atoms with Gasteiger partial charge in [0.15, 0.2) is 0 Å². The van der Waals surface area contributed by atoms with Gasteiger partial charge in [0.2, 0.25) is 0 Å². The first kappa shape index (κ1) is 25.9. The highest BCUT2D eigenvalue weighted by molar-refractivity contribution is 6.35. The van der Waals surface area contributed by atoms with Gasteiger partial charge >= 0.3 is 0 Å². The Hall–Kier alpha value is -4.06. The number of nitriles is 1. The van der Waals surface area contributed by atoms with Crippen molar-refractivity contribution < 1.29 is 0 Å². The number of nitrogens with zero attached hydrogens (tertiary/aromatic N) is 4. The van der Waals surface area contributed by atoms with Crippen LogP contribution in [0.15, 0.2) is 66.8 Å². The van der Waals surface area contributed by atoms with Crippen molar-refractivity contribution in [3.8, 4) is 6.07 Å². The lowest BCUT2D eigenvalue weighted by molar-refractivity contribution is -0.141. The van der Waals surface area contributed by atoms with Crippen LogP contribution in [0, 0.1) is 22.7 Å². The van der Waals surface area contributed by atoms with Crippen LogP contribution in [-0.2, 0) is 0 Å². The number of hydrogen-bond donors (Lipinski definition) is 4. The van der Waals surface area contributed by atoms with Gasteiger partial charge in [-0.25, -0.2) is 0 Å². The highest BCUT2D eigenvalue weighted by Crippen LogP contribution is 2.60. The number of halogens is 1. The van der Waals surface area contributed by atoms with Gasteiger partial charge in [0.25, 0.3) is 0 Å². The van der Waals surface area contributed by atoms with E-state index in [9.17, 15) is 5.26 Å². The minimum atomic E-state index is -0.223. The molecule has 8 rings (SSSR count). The van der Waals surface area contributed by atoms with E-state index in [2.05, 4.69) is 81.7 Å². The summed E-state index contributed by atoms with van der Waals surface area (Å²) in [7, 11) is 0. The summed E-state index contributed by atoms with van der Waals surface area (Å²) in [4.78, 5) is 9.14. The topological polar surface area (TPSA) is 101 Å². The normalized spacial score (nSPS) is 21.9. The summed E-state index contributed by atoms with van der Waals surface area (Å²) in [5.41, 5.74) is 12.9. The third-order valence-corrected chi connectivity index (χ3v) is 8.85. The van der Waals surface area contributed by atoms with E-state index in [1.54, 1.807) is 6.20 Å². The minimum Gasteiger partial charge on any atom is -0.383 e. The average Bonchev–Trinajstić information content (AvgIpc) is 3.37. The van der Waals surface area contributed by atoms with Gasteiger partial charge in [-0.2, -0.15) is 5.26 Å². The van der Waals surface area contributed by atoms with Crippen molar-refractivity contribution in [2.45, 2.75) is 51.6 Å². The van der Waals surface area contributed by atoms with Crippen molar-refractivity contribution in [1.29, 1.82) is 5.26 Å². The Morgan fingerprint density at radius 1 is 1.15 bits per heavy atom. The maximum atomic E-state index is 9.89. The molecule has 4 aliphatic rings. The molecule has 3 saturated carbocycles. The van der Waals surface area contributed by atoms with E-state index in [1.165, 1.54) is 19.3 Å². The number of anilines is 2. The highest BCUT2D eigenvalue weighted by atomic mass is 35.5. The van der Waals surface area contributed by atoms with Crippen LogP contribution in [0.5, 0.6) is 0 Å². The average molecular weight is 565 g/mol. The molecule has 0 radical (unpaired) electrons. The second-order valence-corrected chi connectivity index (χ2v) is 13.2. The summed E-state index contributed by atoms with van der Waals surface area (Å²) in [6.07, 6.45) is 9.33. The van der Waals surface area contributed by atoms with Crippen LogP contribution in [-0.4, -0.2) is 27.1 Å². The van der Waals surface area contributed by atoms with Gasteiger partial charge in [-0.05, 0) is 60.4 Å². The maximum Gasteiger partial charge on any atom is 0.103 e. The van der Waals surface area contributed by atoms with Crippen LogP contribution >= 0.6 is 11.6 Å². The fraction of sp³-hybridized carbons (Fsp3) is 0.344. The van der Waals surface area contributed by atoms with E-state index in [1.807, 2.05) is 36.5 Å². The summed E-state index contributed by atoms with van der Waals surface area (Å²) in [5.74, 6) is 0.875. The molecule has 9 heteroatoms. The van der Waals surface area contributed by atoms with Crippen molar-refractivity contribution in [2.75, 3.05) is 17.2 Å². The largest absolute Gasteiger partial charge is 0.383 e. The summed E-state index contributed by atoms with van der Waals surface area (Å²) < 4.78 is 0. The lowest BCUT2D eigenvalue weighted by Gasteiger charge is -2.64. The van der Waals surface area contributed by atoms with E-state index >= 15 is 0 Å². The van der Waals surface area contributed by atoms with Crippen molar-refractivity contribution in [3.05, 3.63) is 82.9 Å². The molecule has 208 valence electrons. The van der Waals surface area contributed by atoms with Gasteiger partial charge in [-0.3, -0.25) is 15.0 Å². The molecule has 0 unspecified atom stereocenters. The lowest BCUT2D eigenvalue weighted by Crippen LogP contribution is -2.69. The van der Waals surface area contributed by atoms with Gasteiger partial charge in [-0.1, -0.05) is 50.6 Å². The second kappa shape index (κ2) is 9.51. The first-order valence-electron chi connectivity index (χ1n) is 14.1. The van der Waals surface area contributed by atoms with Crippen molar-refractivity contribution >= 4 is 44.8 Å². The molecular weight excluding hydrogens is 532 g/mol. The Bertz CT molecular complexity index is 1730. The zero-order valence-electron chi connectivity index (χ0n) is 23.4. The number of hydrazine groups is 2. The van der Waals surface area contributed by atoms with Crippen LogP contribution < -0.4 is 21.6 Å². The number of pyridine rings is 2. The van der Waals surface area contributed by atoms with E-state index in [-0.39, 0.29) is 17.0 Å². The van der Waals surface area contributed by atoms with Gasteiger partial charge in [-0.15, -0.1) is 5.53 Å². The molecule has 2 aromatic carbocycles. The van der Waals surface area contributed by atoms with Crippen molar-refractivity contribution in [1.82, 2.24) is 25.9 Å². The summed E-state index contributed by atoms with van der Waals surface area (Å²) >= 11 is 6.84. The Kier molecular flexibility index (Phi) is 6.00. The Morgan fingerprint density at radius 2 is 1.98 bits per heavy atom. The summed E-state index contributed by atoms with van der Waals surface area (Å²) in [6, 6.07) is 16.3. The maximum absolute atomic E-state index is 9.89.